The van der Waals surface area contributed by atoms with Gasteiger partial charge in [0.2, 0.25) is 0 Å². The van der Waals surface area contributed by atoms with Crippen LogP contribution in [0.3, 0.4) is 0 Å². The van der Waals surface area contributed by atoms with Crippen LogP contribution >= 0.6 is 15.9 Å². The number of halogens is 1. The molecule has 0 radical (unpaired) electrons. The number of nitrogens with one attached hydrogen (secondary N) is 1. The largest absolute Gasteiger partial charge is 0.465 e. The smallest absolute Gasteiger partial charge is 0.337 e. The highest BCUT2D eigenvalue weighted by molar-refractivity contribution is 9.10. The summed E-state index contributed by atoms with van der Waals surface area (Å²) in [7, 11) is 1.38. The van der Waals surface area contributed by atoms with Gasteiger partial charge in [-0.25, -0.2) is 4.79 Å². The lowest BCUT2D eigenvalue weighted by molar-refractivity contribution is 0.0168. The molecule has 0 aromatic heterocycles. The maximum Gasteiger partial charge on any atom is 0.337 e. The monoisotopic (exact) mass is 341 g/mol. The van der Waals surface area contributed by atoms with Crippen molar-refractivity contribution in [1.29, 1.82) is 0 Å². The summed E-state index contributed by atoms with van der Waals surface area (Å²) in [4.78, 5) is 11.4. The number of esters is 1. The molecule has 1 saturated heterocycles. The van der Waals surface area contributed by atoms with Gasteiger partial charge in [0, 0.05) is 24.2 Å². The van der Waals surface area contributed by atoms with Crippen molar-refractivity contribution in [3.05, 3.63) is 33.8 Å². The summed E-state index contributed by atoms with van der Waals surface area (Å²) >= 11 is 3.49. The van der Waals surface area contributed by atoms with Gasteiger partial charge in [0.15, 0.2) is 0 Å². The summed E-state index contributed by atoms with van der Waals surface area (Å²) in [6.07, 6.45) is 3.90. The van der Waals surface area contributed by atoms with E-state index in [9.17, 15) is 4.79 Å². The molecule has 1 aliphatic rings. The van der Waals surface area contributed by atoms with Crippen LogP contribution in [0.1, 0.15) is 35.2 Å². The van der Waals surface area contributed by atoms with Crippen molar-refractivity contribution < 1.29 is 14.3 Å². The fraction of sp³-hybridized carbons (Fsp3) is 0.533. The molecule has 2 rings (SSSR count). The SMILES string of the molecule is COC(=O)c1ccc(CNCC2CCCCO2)c(Br)c1. The predicted octanol–water partition coefficient (Wildman–Crippen LogP) is 2.89. The maximum absolute atomic E-state index is 11.4. The van der Waals surface area contributed by atoms with Crippen molar-refractivity contribution in [1.82, 2.24) is 5.32 Å². The van der Waals surface area contributed by atoms with Crippen molar-refractivity contribution in [3.63, 3.8) is 0 Å². The van der Waals surface area contributed by atoms with E-state index < -0.39 is 0 Å². The number of hydrogen-bond donors (Lipinski definition) is 1. The minimum atomic E-state index is -0.319. The second kappa shape index (κ2) is 7.76. The molecule has 1 heterocycles. The number of benzene rings is 1. The van der Waals surface area contributed by atoms with Gasteiger partial charge in [-0.05, 0) is 37.0 Å². The number of carbonyl (C=O) groups is 1. The lowest BCUT2D eigenvalue weighted by Crippen LogP contribution is -2.31. The third-order valence-electron chi connectivity index (χ3n) is 3.44. The molecule has 0 aliphatic carbocycles. The summed E-state index contributed by atoms with van der Waals surface area (Å²) in [6, 6.07) is 5.51. The van der Waals surface area contributed by atoms with Crippen LogP contribution in [-0.2, 0) is 16.0 Å². The van der Waals surface area contributed by atoms with Gasteiger partial charge < -0.3 is 14.8 Å². The Hall–Kier alpha value is -0.910. The third-order valence-corrected chi connectivity index (χ3v) is 4.17. The number of rotatable bonds is 5. The molecule has 1 atom stereocenters. The summed E-state index contributed by atoms with van der Waals surface area (Å²) in [6.45, 7) is 2.50. The molecular weight excluding hydrogens is 322 g/mol. The molecule has 1 aromatic carbocycles. The van der Waals surface area contributed by atoms with E-state index in [-0.39, 0.29) is 5.97 Å². The Morgan fingerprint density at radius 1 is 1.50 bits per heavy atom. The highest BCUT2D eigenvalue weighted by Gasteiger charge is 2.13. The van der Waals surface area contributed by atoms with Gasteiger partial charge in [-0.15, -0.1) is 0 Å². The molecule has 0 saturated carbocycles. The van der Waals surface area contributed by atoms with Gasteiger partial charge in [-0.2, -0.15) is 0 Å². The summed E-state index contributed by atoms with van der Waals surface area (Å²) in [5.41, 5.74) is 1.67. The molecule has 1 aromatic rings. The zero-order valence-corrected chi connectivity index (χ0v) is 13.2. The lowest BCUT2D eigenvalue weighted by atomic mass is 10.1. The quantitative estimate of drug-likeness (QED) is 0.836. The number of methoxy groups -OCH3 is 1. The van der Waals surface area contributed by atoms with Gasteiger partial charge in [0.1, 0.15) is 0 Å². The van der Waals surface area contributed by atoms with Crippen molar-refractivity contribution in [2.75, 3.05) is 20.3 Å². The fourth-order valence-corrected chi connectivity index (χ4v) is 2.79. The van der Waals surface area contributed by atoms with Crippen LogP contribution in [0.2, 0.25) is 0 Å². The van der Waals surface area contributed by atoms with Gasteiger partial charge in [-0.1, -0.05) is 22.0 Å². The van der Waals surface area contributed by atoms with Crippen molar-refractivity contribution in [2.24, 2.45) is 0 Å². The Balaban J connectivity index is 1.84. The first kappa shape index (κ1) is 15.5. The van der Waals surface area contributed by atoms with E-state index in [0.717, 1.165) is 36.2 Å². The average Bonchev–Trinajstić information content (AvgIpc) is 2.49. The molecule has 20 heavy (non-hydrogen) atoms. The molecule has 1 unspecified atom stereocenters. The standard InChI is InChI=1S/C15H20BrNO3/c1-19-15(18)11-5-6-12(14(16)8-11)9-17-10-13-4-2-3-7-20-13/h5-6,8,13,17H,2-4,7,9-10H2,1H3. The number of ether oxygens (including phenoxy) is 2. The van der Waals surface area contributed by atoms with E-state index in [0.29, 0.717) is 11.7 Å². The van der Waals surface area contributed by atoms with Crippen molar-refractivity contribution >= 4 is 21.9 Å². The Morgan fingerprint density at radius 2 is 2.35 bits per heavy atom. The first-order valence-corrected chi connectivity index (χ1v) is 7.69. The second-order valence-corrected chi connectivity index (χ2v) is 5.77. The second-order valence-electron chi connectivity index (χ2n) is 4.92. The first-order valence-electron chi connectivity index (χ1n) is 6.90. The van der Waals surface area contributed by atoms with E-state index >= 15 is 0 Å². The molecule has 0 amide bonds. The van der Waals surface area contributed by atoms with E-state index in [1.54, 1.807) is 12.1 Å². The molecular formula is C15H20BrNO3. The van der Waals surface area contributed by atoms with E-state index in [1.165, 1.54) is 20.0 Å². The lowest BCUT2D eigenvalue weighted by Gasteiger charge is -2.23. The molecule has 1 aliphatic heterocycles. The fourth-order valence-electron chi connectivity index (χ4n) is 2.27. The zero-order chi connectivity index (χ0) is 14.4. The Kier molecular flexibility index (Phi) is 6.01. The molecule has 0 spiro atoms. The summed E-state index contributed by atoms with van der Waals surface area (Å²) in [5, 5.41) is 3.40. The van der Waals surface area contributed by atoms with E-state index in [1.807, 2.05) is 6.07 Å². The minimum Gasteiger partial charge on any atom is -0.465 e. The van der Waals surface area contributed by atoms with Crippen LogP contribution in [0.25, 0.3) is 0 Å². The zero-order valence-electron chi connectivity index (χ0n) is 11.7. The van der Waals surface area contributed by atoms with Gasteiger partial charge >= 0.3 is 5.97 Å². The van der Waals surface area contributed by atoms with E-state index in [4.69, 9.17) is 9.47 Å². The van der Waals surface area contributed by atoms with Crippen LogP contribution in [0, 0.1) is 0 Å². The van der Waals surface area contributed by atoms with E-state index in [2.05, 4.69) is 21.2 Å². The molecule has 1 N–H and O–H groups in total. The average molecular weight is 342 g/mol. The van der Waals surface area contributed by atoms with Crippen molar-refractivity contribution in [2.45, 2.75) is 31.9 Å². The molecule has 1 fully saturated rings. The van der Waals surface area contributed by atoms with Gasteiger partial charge in [0.05, 0.1) is 18.8 Å². The van der Waals surface area contributed by atoms with Crippen LogP contribution in [0.5, 0.6) is 0 Å². The van der Waals surface area contributed by atoms with Gasteiger partial charge in [-0.3, -0.25) is 0 Å². The van der Waals surface area contributed by atoms with Gasteiger partial charge in [0.25, 0.3) is 0 Å². The number of carbonyl (C=O) groups excluding carboxylic acids is 1. The Labute approximate surface area is 128 Å². The van der Waals surface area contributed by atoms with Crippen LogP contribution in [-0.4, -0.2) is 32.3 Å². The normalized spacial score (nSPS) is 18.8. The first-order chi connectivity index (χ1) is 9.70. The Bertz CT molecular complexity index is 458. The maximum atomic E-state index is 11.4. The van der Waals surface area contributed by atoms with Crippen LogP contribution in [0.4, 0.5) is 0 Å². The minimum absolute atomic E-state index is 0.319. The highest BCUT2D eigenvalue weighted by atomic mass is 79.9. The van der Waals surface area contributed by atoms with Crippen LogP contribution < -0.4 is 5.32 Å². The predicted molar refractivity (Wildman–Crippen MR) is 80.8 cm³/mol. The van der Waals surface area contributed by atoms with Crippen molar-refractivity contribution in [3.8, 4) is 0 Å². The molecule has 5 heteroatoms. The topological polar surface area (TPSA) is 47.6 Å². The molecule has 4 nitrogen and oxygen atoms in total. The number of hydrogen-bond acceptors (Lipinski definition) is 4. The van der Waals surface area contributed by atoms with Crippen LogP contribution in [0.15, 0.2) is 22.7 Å². The molecule has 110 valence electrons. The summed E-state index contributed by atoms with van der Waals surface area (Å²) < 4.78 is 11.3. The molecule has 0 bridgehead atoms. The highest BCUT2D eigenvalue weighted by Crippen LogP contribution is 2.19. The Morgan fingerprint density at radius 3 is 3.00 bits per heavy atom. The summed E-state index contributed by atoms with van der Waals surface area (Å²) in [5.74, 6) is -0.319. The third kappa shape index (κ3) is 4.30.